The quantitative estimate of drug-likeness (QED) is 0.813. The largest absolute Gasteiger partial charge is 0.311 e. The van der Waals surface area contributed by atoms with E-state index in [2.05, 4.69) is 41.7 Å². The highest BCUT2D eigenvalue weighted by atomic mass is 16.1. The molecule has 18 heavy (non-hydrogen) atoms. The molecule has 0 spiro atoms. The van der Waals surface area contributed by atoms with Crippen molar-refractivity contribution in [1.82, 2.24) is 5.32 Å². The van der Waals surface area contributed by atoms with E-state index in [0.717, 1.165) is 12.7 Å². The zero-order valence-corrected chi connectivity index (χ0v) is 10.5. The maximum Gasteiger partial charge on any atom is 0.137 e. The summed E-state index contributed by atoms with van der Waals surface area (Å²) in [6, 6.07) is 18.5. The number of benzene rings is 2. The second-order valence-corrected chi connectivity index (χ2v) is 4.30. The van der Waals surface area contributed by atoms with Crippen molar-refractivity contribution in [3.63, 3.8) is 0 Å². The molecule has 2 rings (SSSR count). The Hall–Kier alpha value is -1.93. The lowest BCUT2D eigenvalue weighted by molar-refractivity contribution is -0.109. The summed E-state index contributed by atoms with van der Waals surface area (Å²) in [7, 11) is 1.80. The van der Waals surface area contributed by atoms with Crippen LogP contribution < -0.4 is 5.32 Å². The molecule has 0 saturated heterocycles. The molecule has 0 bridgehead atoms. The molecule has 1 atom stereocenters. The van der Waals surface area contributed by atoms with Crippen LogP contribution in [0.5, 0.6) is 0 Å². The summed E-state index contributed by atoms with van der Waals surface area (Å²) < 4.78 is 0. The van der Waals surface area contributed by atoms with Crippen LogP contribution in [0.1, 0.15) is 5.56 Å². The normalized spacial score (nSPS) is 12.1. The molecule has 1 unspecified atom stereocenters. The predicted octanol–water partition coefficient (Wildman–Crippen LogP) is 2.68. The number of hydrogen-bond donors (Lipinski definition) is 1. The van der Waals surface area contributed by atoms with Crippen LogP contribution >= 0.6 is 0 Å². The van der Waals surface area contributed by atoms with Crippen LogP contribution in [0.15, 0.2) is 54.6 Å². The molecule has 0 aliphatic carbocycles. The van der Waals surface area contributed by atoms with Crippen LogP contribution in [0, 0.1) is 0 Å². The van der Waals surface area contributed by atoms with Gasteiger partial charge < -0.3 is 10.1 Å². The van der Waals surface area contributed by atoms with E-state index in [0.29, 0.717) is 0 Å². The molecule has 0 fully saturated rings. The smallest absolute Gasteiger partial charge is 0.137 e. The van der Waals surface area contributed by atoms with Crippen molar-refractivity contribution >= 4 is 6.29 Å². The summed E-state index contributed by atoms with van der Waals surface area (Å²) >= 11 is 0. The van der Waals surface area contributed by atoms with E-state index >= 15 is 0 Å². The lowest BCUT2D eigenvalue weighted by Crippen LogP contribution is -2.28. The van der Waals surface area contributed by atoms with Crippen molar-refractivity contribution in [2.45, 2.75) is 12.5 Å². The zero-order valence-electron chi connectivity index (χ0n) is 10.5. The lowest BCUT2D eigenvalue weighted by atomic mass is 10.0. The first-order valence-electron chi connectivity index (χ1n) is 6.10. The first-order valence-corrected chi connectivity index (χ1v) is 6.10. The molecule has 0 aliphatic rings. The molecule has 0 radical (unpaired) electrons. The first kappa shape index (κ1) is 12.5. The highest BCUT2D eigenvalue weighted by Crippen LogP contribution is 2.19. The van der Waals surface area contributed by atoms with Gasteiger partial charge in [0.05, 0.1) is 6.04 Å². The van der Waals surface area contributed by atoms with Crippen LogP contribution in [-0.2, 0) is 11.2 Å². The summed E-state index contributed by atoms with van der Waals surface area (Å²) in [5.74, 6) is 0. The van der Waals surface area contributed by atoms with E-state index in [1.807, 2.05) is 18.2 Å². The Morgan fingerprint density at radius 2 is 1.61 bits per heavy atom. The first-order chi connectivity index (χ1) is 8.83. The Morgan fingerprint density at radius 1 is 1.00 bits per heavy atom. The molecule has 0 saturated carbocycles. The minimum atomic E-state index is -0.104. The van der Waals surface area contributed by atoms with Gasteiger partial charge in [-0.2, -0.15) is 0 Å². The third-order valence-corrected chi connectivity index (χ3v) is 3.05. The molecule has 2 aromatic carbocycles. The molecule has 92 valence electrons. The number of aldehydes is 1. The molecular formula is C16H17NO. The van der Waals surface area contributed by atoms with E-state index < -0.39 is 0 Å². The van der Waals surface area contributed by atoms with E-state index in [-0.39, 0.29) is 6.04 Å². The average Bonchev–Trinajstić information content (AvgIpc) is 2.46. The summed E-state index contributed by atoms with van der Waals surface area (Å²) in [6.45, 7) is 0. The SMILES string of the molecule is CNC(C=O)Cc1ccc(-c2ccccc2)cc1. The lowest BCUT2D eigenvalue weighted by Gasteiger charge is -2.09. The van der Waals surface area contributed by atoms with Crippen molar-refractivity contribution in [3.05, 3.63) is 60.2 Å². The minimum absolute atomic E-state index is 0.104. The van der Waals surface area contributed by atoms with Crippen LogP contribution in [-0.4, -0.2) is 19.4 Å². The second kappa shape index (κ2) is 6.12. The van der Waals surface area contributed by atoms with E-state index in [9.17, 15) is 4.79 Å². The van der Waals surface area contributed by atoms with Gasteiger partial charge in [-0.15, -0.1) is 0 Å². The molecule has 0 aliphatic heterocycles. The molecule has 2 heteroatoms. The van der Waals surface area contributed by atoms with E-state index in [4.69, 9.17) is 0 Å². The van der Waals surface area contributed by atoms with Crippen molar-refractivity contribution in [3.8, 4) is 11.1 Å². The van der Waals surface area contributed by atoms with Crippen molar-refractivity contribution in [2.24, 2.45) is 0 Å². The topological polar surface area (TPSA) is 29.1 Å². The fourth-order valence-corrected chi connectivity index (χ4v) is 1.94. The summed E-state index contributed by atoms with van der Waals surface area (Å²) in [5.41, 5.74) is 3.58. The van der Waals surface area contributed by atoms with E-state index in [1.165, 1.54) is 16.7 Å². The maximum absolute atomic E-state index is 10.8. The van der Waals surface area contributed by atoms with Gasteiger partial charge in [-0.3, -0.25) is 0 Å². The van der Waals surface area contributed by atoms with Crippen LogP contribution in [0.4, 0.5) is 0 Å². The number of carbonyl (C=O) groups is 1. The Labute approximate surface area is 108 Å². The molecular weight excluding hydrogens is 222 g/mol. The standard InChI is InChI=1S/C16H17NO/c1-17-16(12-18)11-13-7-9-15(10-8-13)14-5-3-2-4-6-14/h2-10,12,16-17H,11H2,1H3. The molecule has 0 heterocycles. The number of nitrogens with one attached hydrogen (secondary N) is 1. The highest BCUT2D eigenvalue weighted by Gasteiger charge is 2.05. The Kier molecular flexibility index (Phi) is 4.26. The predicted molar refractivity (Wildman–Crippen MR) is 74.5 cm³/mol. The highest BCUT2D eigenvalue weighted by molar-refractivity contribution is 5.64. The van der Waals surface area contributed by atoms with Crippen LogP contribution in [0.25, 0.3) is 11.1 Å². The van der Waals surface area contributed by atoms with Gasteiger partial charge in [-0.1, -0.05) is 54.6 Å². The average molecular weight is 239 g/mol. The van der Waals surface area contributed by atoms with Crippen LogP contribution in [0.3, 0.4) is 0 Å². The third-order valence-electron chi connectivity index (χ3n) is 3.05. The fraction of sp³-hybridized carbons (Fsp3) is 0.188. The molecule has 1 N–H and O–H groups in total. The van der Waals surface area contributed by atoms with Gasteiger partial charge in [0.15, 0.2) is 0 Å². The third kappa shape index (κ3) is 3.05. The minimum Gasteiger partial charge on any atom is -0.311 e. The van der Waals surface area contributed by atoms with Gasteiger partial charge in [0, 0.05) is 0 Å². The molecule has 0 amide bonds. The summed E-state index contributed by atoms with van der Waals surface area (Å²) in [5, 5.41) is 2.98. The van der Waals surface area contributed by atoms with Gasteiger partial charge in [0.25, 0.3) is 0 Å². The Balaban J connectivity index is 2.13. The number of carbonyl (C=O) groups excluding carboxylic acids is 1. The van der Waals surface area contributed by atoms with Crippen molar-refractivity contribution in [1.29, 1.82) is 0 Å². The fourth-order valence-electron chi connectivity index (χ4n) is 1.94. The maximum atomic E-state index is 10.8. The van der Waals surface area contributed by atoms with Gasteiger partial charge in [-0.25, -0.2) is 0 Å². The van der Waals surface area contributed by atoms with Gasteiger partial charge in [0.1, 0.15) is 6.29 Å². The summed E-state index contributed by atoms with van der Waals surface area (Å²) in [4.78, 5) is 10.8. The van der Waals surface area contributed by atoms with E-state index in [1.54, 1.807) is 7.05 Å². The molecule has 2 nitrogen and oxygen atoms in total. The molecule has 2 aromatic rings. The van der Waals surface area contributed by atoms with Crippen molar-refractivity contribution < 1.29 is 4.79 Å². The monoisotopic (exact) mass is 239 g/mol. The number of rotatable bonds is 5. The number of likely N-dealkylation sites (N-methyl/N-ethyl adjacent to an activating group) is 1. The van der Waals surface area contributed by atoms with Gasteiger partial charge >= 0.3 is 0 Å². The van der Waals surface area contributed by atoms with Gasteiger partial charge in [0.2, 0.25) is 0 Å². The zero-order chi connectivity index (χ0) is 12.8. The number of hydrogen-bond acceptors (Lipinski definition) is 2. The Morgan fingerprint density at radius 3 is 2.17 bits per heavy atom. The molecule has 0 aromatic heterocycles. The summed E-state index contributed by atoms with van der Waals surface area (Å²) in [6.07, 6.45) is 1.68. The second-order valence-electron chi connectivity index (χ2n) is 4.30. The van der Waals surface area contributed by atoms with Gasteiger partial charge in [-0.05, 0) is 30.2 Å². The Bertz CT molecular complexity index is 490. The van der Waals surface area contributed by atoms with Crippen molar-refractivity contribution in [2.75, 3.05) is 7.05 Å². The van der Waals surface area contributed by atoms with Crippen LogP contribution in [0.2, 0.25) is 0 Å².